The monoisotopic (exact) mass is 287 g/mol. The molecule has 2 aromatic heterocycles. The Hall–Kier alpha value is -1.46. The number of hydrogen-bond acceptors (Lipinski definition) is 4. The van der Waals surface area contributed by atoms with Gasteiger partial charge in [-0.15, -0.1) is 0 Å². The molecule has 0 saturated carbocycles. The number of likely N-dealkylation sites (N-methyl/N-ethyl adjacent to an activating group) is 1. The summed E-state index contributed by atoms with van der Waals surface area (Å²) in [5, 5.41) is 3.44. The minimum absolute atomic E-state index is 0.751. The molecule has 0 amide bonds. The number of rotatable bonds is 5. The van der Waals surface area contributed by atoms with E-state index in [0.29, 0.717) is 0 Å². The van der Waals surface area contributed by atoms with Crippen molar-refractivity contribution in [2.24, 2.45) is 5.92 Å². The fraction of sp³-hybridized carbons (Fsp3) is 0.625. The number of nitrogens with zero attached hydrogens (tertiary/aromatic N) is 4. The van der Waals surface area contributed by atoms with Crippen molar-refractivity contribution in [1.82, 2.24) is 24.8 Å². The van der Waals surface area contributed by atoms with Gasteiger partial charge in [0, 0.05) is 25.7 Å². The summed E-state index contributed by atoms with van der Waals surface area (Å²) in [6.45, 7) is 4.25. The SMILES string of the molecule is CN(C)CCn1c(CC2CCNCC2)nc2cccnc21. The van der Waals surface area contributed by atoms with Gasteiger partial charge in [-0.25, -0.2) is 9.97 Å². The van der Waals surface area contributed by atoms with Crippen LogP contribution < -0.4 is 5.32 Å². The van der Waals surface area contributed by atoms with Crippen LogP contribution in [0.3, 0.4) is 0 Å². The van der Waals surface area contributed by atoms with E-state index in [2.05, 4.69) is 39.9 Å². The van der Waals surface area contributed by atoms with E-state index in [1.807, 2.05) is 12.3 Å². The second-order valence-corrected chi connectivity index (χ2v) is 6.23. The number of fused-ring (bicyclic) bond motifs is 1. The first-order valence-electron chi connectivity index (χ1n) is 7.89. The zero-order chi connectivity index (χ0) is 14.7. The van der Waals surface area contributed by atoms with E-state index in [4.69, 9.17) is 4.98 Å². The fourth-order valence-electron chi connectivity index (χ4n) is 3.04. The van der Waals surface area contributed by atoms with Crippen LogP contribution in [0.15, 0.2) is 18.3 Å². The standard InChI is InChI=1S/C16H25N5/c1-20(2)10-11-21-15(12-13-5-8-17-9-6-13)19-14-4-3-7-18-16(14)21/h3-4,7,13,17H,5-6,8-12H2,1-2H3. The van der Waals surface area contributed by atoms with Crippen molar-refractivity contribution in [2.45, 2.75) is 25.8 Å². The van der Waals surface area contributed by atoms with Gasteiger partial charge < -0.3 is 14.8 Å². The van der Waals surface area contributed by atoms with Crippen molar-refractivity contribution >= 4 is 11.2 Å². The maximum Gasteiger partial charge on any atom is 0.160 e. The molecule has 1 saturated heterocycles. The highest BCUT2D eigenvalue weighted by Crippen LogP contribution is 2.21. The van der Waals surface area contributed by atoms with Crippen LogP contribution in [0.25, 0.3) is 11.2 Å². The van der Waals surface area contributed by atoms with E-state index in [9.17, 15) is 0 Å². The minimum atomic E-state index is 0.751. The second kappa shape index (κ2) is 6.54. The molecular formula is C16H25N5. The molecule has 21 heavy (non-hydrogen) atoms. The van der Waals surface area contributed by atoms with E-state index in [-0.39, 0.29) is 0 Å². The van der Waals surface area contributed by atoms with Crippen LogP contribution in [0.1, 0.15) is 18.7 Å². The van der Waals surface area contributed by atoms with Gasteiger partial charge in [0.25, 0.3) is 0 Å². The first-order valence-corrected chi connectivity index (χ1v) is 7.89. The molecule has 5 heteroatoms. The zero-order valence-corrected chi connectivity index (χ0v) is 13.0. The second-order valence-electron chi connectivity index (χ2n) is 6.23. The lowest BCUT2D eigenvalue weighted by Gasteiger charge is -2.22. The summed E-state index contributed by atoms with van der Waals surface area (Å²) >= 11 is 0. The molecule has 2 aromatic rings. The Morgan fingerprint density at radius 1 is 1.33 bits per heavy atom. The fourth-order valence-corrected chi connectivity index (χ4v) is 3.04. The first kappa shape index (κ1) is 14.5. The van der Waals surface area contributed by atoms with E-state index >= 15 is 0 Å². The Labute approximate surface area is 126 Å². The molecule has 1 N–H and O–H groups in total. The highest BCUT2D eigenvalue weighted by Gasteiger charge is 2.18. The van der Waals surface area contributed by atoms with E-state index in [1.165, 1.54) is 18.7 Å². The largest absolute Gasteiger partial charge is 0.317 e. The average Bonchev–Trinajstić information content (AvgIpc) is 2.83. The number of piperidine rings is 1. The van der Waals surface area contributed by atoms with Gasteiger partial charge in [0.15, 0.2) is 5.65 Å². The summed E-state index contributed by atoms with van der Waals surface area (Å²) in [4.78, 5) is 11.6. The van der Waals surface area contributed by atoms with Gasteiger partial charge >= 0.3 is 0 Å². The van der Waals surface area contributed by atoms with Crippen molar-refractivity contribution in [2.75, 3.05) is 33.7 Å². The Bertz CT molecular complexity index is 583. The summed E-state index contributed by atoms with van der Waals surface area (Å²) in [6.07, 6.45) is 5.45. The molecule has 1 aliphatic rings. The van der Waals surface area contributed by atoms with Crippen molar-refractivity contribution in [3.8, 4) is 0 Å². The quantitative estimate of drug-likeness (QED) is 0.906. The number of hydrogen-bond donors (Lipinski definition) is 1. The number of nitrogens with one attached hydrogen (secondary N) is 1. The highest BCUT2D eigenvalue weighted by atomic mass is 15.2. The molecule has 3 rings (SSSR count). The van der Waals surface area contributed by atoms with Crippen LogP contribution in [0.4, 0.5) is 0 Å². The summed E-state index contributed by atoms with van der Waals surface area (Å²) < 4.78 is 2.32. The van der Waals surface area contributed by atoms with Crippen molar-refractivity contribution in [3.05, 3.63) is 24.2 Å². The molecule has 0 spiro atoms. The van der Waals surface area contributed by atoms with Gasteiger partial charge in [0.2, 0.25) is 0 Å². The Morgan fingerprint density at radius 2 is 2.14 bits per heavy atom. The molecule has 0 aliphatic carbocycles. The predicted molar refractivity (Wildman–Crippen MR) is 85.4 cm³/mol. The van der Waals surface area contributed by atoms with Gasteiger partial charge in [-0.05, 0) is 58.1 Å². The summed E-state index contributed by atoms with van der Waals surface area (Å²) in [6, 6.07) is 4.04. The van der Waals surface area contributed by atoms with Crippen molar-refractivity contribution in [1.29, 1.82) is 0 Å². The topological polar surface area (TPSA) is 46.0 Å². The molecule has 0 radical (unpaired) electrons. The number of aromatic nitrogens is 3. The maximum atomic E-state index is 4.85. The average molecular weight is 287 g/mol. The normalized spacial score (nSPS) is 16.9. The van der Waals surface area contributed by atoms with Crippen molar-refractivity contribution < 1.29 is 0 Å². The van der Waals surface area contributed by atoms with E-state index in [0.717, 1.165) is 49.7 Å². The van der Waals surface area contributed by atoms with Crippen LogP contribution in [-0.4, -0.2) is 53.2 Å². The predicted octanol–water partition coefficient (Wildman–Crippen LogP) is 1.53. The Balaban J connectivity index is 1.86. The van der Waals surface area contributed by atoms with E-state index in [1.54, 1.807) is 0 Å². The lowest BCUT2D eigenvalue weighted by atomic mass is 9.94. The van der Waals surface area contributed by atoms with Gasteiger partial charge in [-0.3, -0.25) is 0 Å². The van der Waals surface area contributed by atoms with E-state index < -0.39 is 0 Å². The third-order valence-electron chi connectivity index (χ3n) is 4.28. The van der Waals surface area contributed by atoms with Crippen LogP contribution in [0, 0.1) is 5.92 Å². The molecule has 0 atom stereocenters. The summed E-state index contributed by atoms with van der Waals surface area (Å²) in [7, 11) is 4.22. The number of pyridine rings is 1. The van der Waals surface area contributed by atoms with Crippen LogP contribution in [-0.2, 0) is 13.0 Å². The van der Waals surface area contributed by atoms with Gasteiger partial charge in [0.1, 0.15) is 11.3 Å². The van der Waals surface area contributed by atoms with Gasteiger partial charge in [0.05, 0.1) is 0 Å². The molecule has 1 aliphatic heterocycles. The highest BCUT2D eigenvalue weighted by molar-refractivity contribution is 5.71. The molecular weight excluding hydrogens is 262 g/mol. The Kier molecular flexibility index (Phi) is 4.51. The van der Waals surface area contributed by atoms with Crippen molar-refractivity contribution in [3.63, 3.8) is 0 Å². The third kappa shape index (κ3) is 3.41. The molecule has 3 heterocycles. The zero-order valence-electron chi connectivity index (χ0n) is 13.0. The number of imidazole rings is 1. The van der Waals surface area contributed by atoms with Crippen LogP contribution in [0.2, 0.25) is 0 Å². The molecule has 0 aromatic carbocycles. The van der Waals surface area contributed by atoms with Gasteiger partial charge in [-0.2, -0.15) is 0 Å². The van der Waals surface area contributed by atoms with Crippen LogP contribution >= 0.6 is 0 Å². The third-order valence-corrected chi connectivity index (χ3v) is 4.28. The first-order chi connectivity index (χ1) is 10.2. The maximum absolute atomic E-state index is 4.85. The molecule has 0 unspecified atom stereocenters. The van der Waals surface area contributed by atoms with Gasteiger partial charge in [-0.1, -0.05) is 0 Å². The lowest BCUT2D eigenvalue weighted by molar-refractivity contribution is 0.353. The molecule has 1 fully saturated rings. The summed E-state index contributed by atoms with van der Waals surface area (Å²) in [5.74, 6) is 1.96. The lowest BCUT2D eigenvalue weighted by Crippen LogP contribution is -2.29. The van der Waals surface area contributed by atoms with Crippen LogP contribution in [0.5, 0.6) is 0 Å². The molecule has 0 bridgehead atoms. The minimum Gasteiger partial charge on any atom is -0.317 e. The molecule has 114 valence electrons. The molecule has 5 nitrogen and oxygen atoms in total. The summed E-state index contributed by atoms with van der Waals surface area (Å²) in [5.41, 5.74) is 2.06. The smallest absolute Gasteiger partial charge is 0.160 e. The Morgan fingerprint density at radius 3 is 2.90 bits per heavy atom.